The van der Waals surface area contributed by atoms with E-state index in [2.05, 4.69) is 10.2 Å². The maximum atomic E-state index is 9.82. The highest BCUT2D eigenvalue weighted by atomic mass is 16.3. The summed E-state index contributed by atoms with van der Waals surface area (Å²) in [5.41, 5.74) is 2.48. The zero-order valence-corrected chi connectivity index (χ0v) is 9.70. The highest BCUT2D eigenvalue weighted by Crippen LogP contribution is 2.25. The second-order valence-electron chi connectivity index (χ2n) is 4.13. The molecule has 0 amide bonds. The number of phenols is 2. The molecule has 0 aliphatic heterocycles. The van der Waals surface area contributed by atoms with Crippen molar-refractivity contribution in [3.05, 3.63) is 42.0 Å². The Hall–Kier alpha value is -2.56. The number of phenolic OH excluding ortho intramolecular Hbond substituents is 2. The molecule has 0 bridgehead atoms. The Morgan fingerprint density at radius 1 is 1.00 bits per heavy atom. The van der Waals surface area contributed by atoms with E-state index in [4.69, 9.17) is 0 Å². The third-order valence-electron chi connectivity index (χ3n) is 2.74. The molecule has 0 aliphatic rings. The number of aryl methyl sites for hydroxylation is 1. The van der Waals surface area contributed by atoms with Crippen LogP contribution in [0.3, 0.4) is 0 Å². The molecule has 5 heteroatoms. The van der Waals surface area contributed by atoms with Gasteiger partial charge >= 0.3 is 0 Å². The van der Waals surface area contributed by atoms with E-state index in [0.29, 0.717) is 16.7 Å². The molecular formula is C13H11N3O2. The predicted molar refractivity (Wildman–Crippen MR) is 66.9 cm³/mol. The zero-order chi connectivity index (χ0) is 12.7. The first kappa shape index (κ1) is 10.6. The second-order valence-corrected chi connectivity index (χ2v) is 4.13. The lowest BCUT2D eigenvalue weighted by molar-refractivity contribution is 0.466. The predicted octanol–water partition coefficient (Wildman–Crippen LogP) is 2.14. The summed E-state index contributed by atoms with van der Waals surface area (Å²) in [4.78, 5) is 1.33. The Kier molecular flexibility index (Phi) is 2.19. The Balaban J connectivity index is 2.26. The van der Waals surface area contributed by atoms with Gasteiger partial charge in [0.05, 0.1) is 0 Å². The lowest BCUT2D eigenvalue weighted by Gasteiger charge is -2.03. The number of rotatable bonds is 1. The molecule has 0 unspecified atom stereocenters. The van der Waals surface area contributed by atoms with Gasteiger partial charge in [0.2, 0.25) is 0 Å². The van der Waals surface area contributed by atoms with Crippen molar-refractivity contribution in [3.8, 4) is 17.2 Å². The molecule has 5 nitrogen and oxygen atoms in total. The van der Waals surface area contributed by atoms with Crippen molar-refractivity contribution in [1.29, 1.82) is 0 Å². The molecule has 90 valence electrons. The molecular weight excluding hydrogens is 230 g/mol. The van der Waals surface area contributed by atoms with Crippen LogP contribution in [0.1, 0.15) is 5.56 Å². The van der Waals surface area contributed by atoms with E-state index in [1.54, 1.807) is 36.4 Å². The Morgan fingerprint density at radius 2 is 1.83 bits per heavy atom. The van der Waals surface area contributed by atoms with E-state index in [0.717, 1.165) is 5.56 Å². The van der Waals surface area contributed by atoms with Crippen LogP contribution < -0.4 is 0 Å². The minimum Gasteiger partial charge on any atom is -0.506 e. The highest BCUT2D eigenvalue weighted by molar-refractivity contribution is 5.80. The van der Waals surface area contributed by atoms with Crippen LogP contribution in [0.2, 0.25) is 0 Å². The maximum absolute atomic E-state index is 9.82. The van der Waals surface area contributed by atoms with Crippen LogP contribution in [0.4, 0.5) is 0 Å². The van der Waals surface area contributed by atoms with Crippen molar-refractivity contribution < 1.29 is 10.2 Å². The number of hydrogen-bond acceptors (Lipinski definition) is 4. The summed E-state index contributed by atoms with van der Waals surface area (Å²) < 4.78 is 0. The number of hydrogen-bond donors (Lipinski definition) is 2. The van der Waals surface area contributed by atoms with Crippen LogP contribution in [0.25, 0.3) is 16.7 Å². The van der Waals surface area contributed by atoms with Gasteiger partial charge in [-0.25, -0.2) is 0 Å². The van der Waals surface area contributed by atoms with Gasteiger partial charge in [0.1, 0.15) is 22.7 Å². The lowest BCUT2D eigenvalue weighted by Crippen LogP contribution is -1.99. The lowest BCUT2D eigenvalue weighted by atomic mass is 10.2. The summed E-state index contributed by atoms with van der Waals surface area (Å²) >= 11 is 0. The number of nitrogens with zero attached hydrogens (tertiary/aromatic N) is 3. The van der Waals surface area contributed by atoms with Gasteiger partial charge in [-0.3, -0.25) is 0 Å². The normalized spacial score (nSPS) is 10.9. The molecule has 1 heterocycles. The molecule has 2 aromatic carbocycles. The summed E-state index contributed by atoms with van der Waals surface area (Å²) in [5, 5.41) is 27.9. The molecule has 0 aliphatic carbocycles. The second kappa shape index (κ2) is 3.73. The Morgan fingerprint density at radius 3 is 2.61 bits per heavy atom. The average molecular weight is 241 g/mol. The standard InChI is InChI=1S/C13H11N3O2/c1-8-5-6-11(17)10(7-8)16-14-9-3-2-4-12(18)13(9)15-16/h2-7,17-18H,1H3. The molecule has 0 saturated heterocycles. The molecule has 18 heavy (non-hydrogen) atoms. The molecule has 0 fully saturated rings. The van der Waals surface area contributed by atoms with Gasteiger partial charge in [-0.05, 0) is 36.8 Å². The topological polar surface area (TPSA) is 71.2 Å². The van der Waals surface area contributed by atoms with Crippen molar-refractivity contribution in [1.82, 2.24) is 15.0 Å². The number of aromatic nitrogens is 3. The summed E-state index contributed by atoms with van der Waals surface area (Å²) in [5.74, 6) is 0.172. The van der Waals surface area contributed by atoms with Crippen LogP contribution in [0.15, 0.2) is 36.4 Å². The molecule has 0 radical (unpaired) electrons. The van der Waals surface area contributed by atoms with Gasteiger partial charge in [-0.2, -0.15) is 0 Å². The molecule has 3 aromatic rings. The van der Waals surface area contributed by atoms with Crippen LogP contribution in [0.5, 0.6) is 11.5 Å². The SMILES string of the molecule is Cc1ccc(O)c(-n2nc3cccc(O)c3n2)c1. The van der Waals surface area contributed by atoms with E-state index in [-0.39, 0.29) is 11.5 Å². The maximum Gasteiger partial charge on any atom is 0.155 e. The first-order valence-corrected chi connectivity index (χ1v) is 5.50. The summed E-state index contributed by atoms with van der Waals surface area (Å²) in [7, 11) is 0. The number of aromatic hydroxyl groups is 2. The molecule has 3 rings (SSSR count). The zero-order valence-electron chi connectivity index (χ0n) is 9.70. The van der Waals surface area contributed by atoms with Crippen LogP contribution in [-0.2, 0) is 0 Å². The van der Waals surface area contributed by atoms with E-state index in [1.165, 1.54) is 4.80 Å². The van der Waals surface area contributed by atoms with Gasteiger partial charge < -0.3 is 10.2 Å². The first-order chi connectivity index (χ1) is 8.65. The average Bonchev–Trinajstić information content (AvgIpc) is 2.77. The Bertz CT molecular complexity index is 734. The van der Waals surface area contributed by atoms with E-state index in [9.17, 15) is 10.2 Å². The van der Waals surface area contributed by atoms with Gasteiger partial charge in [0.15, 0.2) is 5.52 Å². The van der Waals surface area contributed by atoms with Crippen LogP contribution in [-0.4, -0.2) is 25.2 Å². The fraction of sp³-hybridized carbons (Fsp3) is 0.0769. The third kappa shape index (κ3) is 1.57. The fourth-order valence-corrected chi connectivity index (χ4v) is 1.82. The molecule has 1 aromatic heterocycles. The van der Waals surface area contributed by atoms with Crippen LogP contribution >= 0.6 is 0 Å². The number of benzene rings is 2. The van der Waals surface area contributed by atoms with Crippen molar-refractivity contribution in [2.24, 2.45) is 0 Å². The summed E-state index contributed by atoms with van der Waals surface area (Å²) in [6.45, 7) is 1.92. The van der Waals surface area contributed by atoms with Crippen LogP contribution in [0, 0.1) is 6.92 Å². The van der Waals surface area contributed by atoms with E-state index < -0.39 is 0 Å². The first-order valence-electron chi connectivity index (χ1n) is 5.50. The minimum absolute atomic E-state index is 0.0749. The van der Waals surface area contributed by atoms with Crippen molar-refractivity contribution in [2.75, 3.05) is 0 Å². The quantitative estimate of drug-likeness (QED) is 0.684. The molecule has 0 atom stereocenters. The van der Waals surface area contributed by atoms with Crippen molar-refractivity contribution in [3.63, 3.8) is 0 Å². The molecule has 0 spiro atoms. The van der Waals surface area contributed by atoms with Gasteiger partial charge in [-0.15, -0.1) is 15.0 Å². The minimum atomic E-state index is 0.0749. The van der Waals surface area contributed by atoms with Gasteiger partial charge in [0, 0.05) is 0 Å². The van der Waals surface area contributed by atoms with E-state index >= 15 is 0 Å². The smallest absolute Gasteiger partial charge is 0.155 e. The number of fused-ring (bicyclic) bond motifs is 1. The van der Waals surface area contributed by atoms with Crippen molar-refractivity contribution >= 4 is 11.0 Å². The van der Waals surface area contributed by atoms with E-state index in [1.807, 2.05) is 6.92 Å². The van der Waals surface area contributed by atoms with Gasteiger partial charge in [-0.1, -0.05) is 12.1 Å². The third-order valence-corrected chi connectivity index (χ3v) is 2.74. The van der Waals surface area contributed by atoms with Gasteiger partial charge in [0.25, 0.3) is 0 Å². The monoisotopic (exact) mass is 241 g/mol. The largest absolute Gasteiger partial charge is 0.506 e. The fourth-order valence-electron chi connectivity index (χ4n) is 1.82. The summed E-state index contributed by atoms with van der Waals surface area (Å²) in [6, 6.07) is 10.2. The summed E-state index contributed by atoms with van der Waals surface area (Å²) in [6.07, 6.45) is 0. The molecule has 0 saturated carbocycles. The van der Waals surface area contributed by atoms with Crippen molar-refractivity contribution in [2.45, 2.75) is 6.92 Å². The highest BCUT2D eigenvalue weighted by Gasteiger charge is 2.10. The molecule has 2 N–H and O–H groups in total. The Labute approximate surface area is 103 Å².